The summed E-state index contributed by atoms with van der Waals surface area (Å²) in [5.74, 6) is -2.18. The highest BCUT2D eigenvalue weighted by atomic mass is 19.4. The van der Waals surface area contributed by atoms with E-state index in [4.69, 9.17) is 0 Å². The Morgan fingerprint density at radius 2 is 1.79 bits per heavy atom. The molecule has 0 aliphatic rings. The van der Waals surface area contributed by atoms with Crippen molar-refractivity contribution in [2.24, 2.45) is 0 Å². The van der Waals surface area contributed by atoms with Crippen molar-refractivity contribution in [1.82, 2.24) is 35.1 Å². The van der Waals surface area contributed by atoms with Gasteiger partial charge in [-0.2, -0.15) is 18.3 Å². The Morgan fingerprint density at radius 1 is 0.947 bits per heavy atom. The van der Waals surface area contributed by atoms with Crippen LogP contribution in [0.25, 0.3) is 56.1 Å². The lowest BCUT2D eigenvalue weighted by atomic mass is 10.1. The first-order chi connectivity index (χ1) is 18.3. The number of imidazole rings is 1. The van der Waals surface area contributed by atoms with Crippen LogP contribution in [0.2, 0.25) is 0 Å². The maximum absolute atomic E-state index is 14.5. The van der Waals surface area contributed by atoms with E-state index in [1.54, 1.807) is 47.9 Å². The van der Waals surface area contributed by atoms with E-state index in [-0.39, 0.29) is 5.69 Å². The number of fused-ring (bicyclic) bond motifs is 2. The zero-order valence-corrected chi connectivity index (χ0v) is 19.0. The number of rotatable bonds is 4. The number of aromatic nitrogens is 7. The van der Waals surface area contributed by atoms with E-state index in [0.29, 0.717) is 56.1 Å². The standard InChI is InChI=1S/C25H14F4N8O/c26-16-4-2-1-3-14(16)15-7-8-31-22-19(15)34-23(35-22)21-20-18(36-37-21)6-5-17(33-20)12-9-13(11-30-10-12)32-24(38)25(27,28)29/h1-11H,(H,32,38)(H,36,37)(H,31,34,35). The van der Waals surface area contributed by atoms with Crippen molar-refractivity contribution in [1.29, 1.82) is 0 Å². The molecule has 1 amide bonds. The molecular formula is C25H14F4N8O. The average molecular weight is 518 g/mol. The first-order valence-corrected chi connectivity index (χ1v) is 11.1. The van der Waals surface area contributed by atoms with E-state index in [1.165, 1.54) is 18.3 Å². The number of halogens is 4. The van der Waals surface area contributed by atoms with Crippen LogP contribution in [0.4, 0.5) is 23.2 Å². The summed E-state index contributed by atoms with van der Waals surface area (Å²) in [5, 5.41) is 8.97. The predicted molar refractivity (Wildman–Crippen MR) is 130 cm³/mol. The zero-order chi connectivity index (χ0) is 26.4. The molecule has 6 aromatic rings. The predicted octanol–water partition coefficient (Wildman–Crippen LogP) is 5.27. The molecule has 5 aromatic heterocycles. The summed E-state index contributed by atoms with van der Waals surface area (Å²) in [4.78, 5) is 31.8. The van der Waals surface area contributed by atoms with Crippen molar-refractivity contribution in [3.8, 4) is 33.9 Å². The molecule has 188 valence electrons. The van der Waals surface area contributed by atoms with Crippen molar-refractivity contribution in [3.63, 3.8) is 0 Å². The highest BCUT2D eigenvalue weighted by Crippen LogP contribution is 2.32. The van der Waals surface area contributed by atoms with E-state index in [2.05, 4.69) is 35.1 Å². The van der Waals surface area contributed by atoms with Crippen LogP contribution in [0.1, 0.15) is 0 Å². The van der Waals surface area contributed by atoms with Crippen LogP contribution in [0.5, 0.6) is 0 Å². The monoisotopic (exact) mass is 518 g/mol. The minimum atomic E-state index is -5.04. The van der Waals surface area contributed by atoms with E-state index in [0.717, 1.165) is 6.20 Å². The number of pyridine rings is 3. The Bertz CT molecular complexity index is 1840. The third kappa shape index (κ3) is 4.09. The molecule has 0 fully saturated rings. The highest BCUT2D eigenvalue weighted by molar-refractivity contribution is 5.96. The van der Waals surface area contributed by atoms with Crippen molar-refractivity contribution < 1.29 is 22.4 Å². The first-order valence-electron chi connectivity index (χ1n) is 11.1. The van der Waals surface area contributed by atoms with E-state index < -0.39 is 17.9 Å². The zero-order valence-electron chi connectivity index (χ0n) is 19.0. The number of H-pyrrole nitrogens is 2. The topological polar surface area (TPSA) is 125 Å². The minimum absolute atomic E-state index is 0.136. The molecule has 38 heavy (non-hydrogen) atoms. The number of amides is 1. The molecule has 0 aliphatic heterocycles. The van der Waals surface area contributed by atoms with Crippen LogP contribution in [0, 0.1) is 5.82 Å². The van der Waals surface area contributed by atoms with Gasteiger partial charge in [0.25, 0.3) is 0 Å². The second kappa shape index (κ2) is 8.73. The van der Waals surface area contributed by atoms with Crippen LogP contribution >= 0.6 is 0 Å². The minimum Gasteiger partial charge on any atom is -0.321 e. The van der Waals surface area contributed by atoms with E-state index in [1.807, 2.05) is 0 Å². The summed E-state index contributed by atoms with van der Waals surface area (Å²) in [6.45, 7) is 0. The maximum Gasteiger partial charge on any atom is 0.471 e. The Morgan fingerprint density at radius 3 is 2.61 bits per heavy atom. The Balaban J connectivity index is 1.41. The smallest absolute Gasteiger partial charge is 0.321 e. The number of anilines is 1. The van der Waals surface area contributed by atoms with Gasteiger partial charge in [-0.1, -0.05) is 18.2 Å². The molecule has 9 nitrogen and oxygen atoms in total. The Hall–Kier alpha value is -5.20. The molecule has 5 heterocycles. The Labute approximate surface area is 210 Å². The summed E-state index contributed by atoms with van der Waals surface area (Å²) >= 11 is 0. The number of hydrogen-bond donors (Lipinski definition) is 3. The largest absolute Gasteiger partial charge is 0.471 e. The van der Waals surface area contributed by atoms with E-state index in [9.17, 15) is 22.4 Å². The lowest BCUT2D eigenvalue weighted by Crippen LogP contribution is -2.29. The van der Waals surface area contributed by atoms with E-state index >= 15 is 0 Å². The molecule has 0 atom stereocenters. The quantitative estimate of drug-likeness (QED) is 0.273. The number of carbonyl (C=O) groups is 1. The maximum atomic E-state index is 14.5. The van der Waals surface area contributed by atoms with Gasteiger partial charge >= 0.3 is 12.1 Å². The van der Waals surface area contributed by atoms with Gasteiger partial charge in [0.1, 0.15) is 16.9 Å². The highest BCUT2D eigenvalue weighted by Gasteiger charge is 2.38. The lowest BCUT2D eigenvalue weighted by Gasteiger charge is -2.08. The van der Waals surface area contributed by atoms with Crippen LogP contribution in [0.3, 0.4) is 0 Å². The van der Waals surface area contributed by atoms with Gasteiger partial charge in [0.2, 0.25) is 0 Å². The van der Waals surface area contributed by atoms with Gasteiger partial charge in [-0.05, 0) is 30.3 Å². The summed E-state index contributed by atoms with van der Waals surface area (Å²) in [6.07, 6.45) is -0.985. The third-order valence-corrected chi connectivity index (χ3v) is 5.73. The number of benzene rings is 1. The molecule has 6 rings (SSSR count). The molecule has 0 saturated carbocycles. The average Bonchev–Trinajstić information content (AvgIpc) is 3.52. The van der Waals surface area contributed by atoms with Crippen molar-refractivity contribution in [2.75, 3.05) is 5.32 Å². The number of alkyl halides is 3. The van der Waals surface area contributed by atoms with Crippen molar-refractivity contribution >= 4 is 33.8 Å². The first kappa shape index (κ1) is 23.2. The number of nitrogens with one attached hydrogen (secondary N) is 3. The molecular weight excluding hydrogens is 504 g/mol. The Kier molecular flexibility index (Phi) is 5.33. The SMILES string of the molecule is O=C(Nc1cncc(-c2ccc3[nH]nc(-c4nc5c(-c6ccccc6F)ccnc5[nH]4)c3n2)c1)C(F)(F)F. The van der Waals surface area contributed by atoms with Gasteiger partial charge in [-0.25, -0.2) is 19.3 Å². The molecule has 0 spiro atoms. The second-order valence-electron chi connectivity index (χ2n) is 8.20. The fourth-order valence-electron chi connectivity index (χ4n) is 3.99. The summed E-state index contributed by atoms with van der Waals surface area (Å²) in [6, 6.07) is 12.7. The number of aromatic amines is 2. The summed E-state index contributed by atoms with van der Waals surface area (Å²) < 4.78 is 52.4. The van der Waals surface area contributed by atoms with Crippen LogP contribution in [-0.4, -0.2) is 47.2 Å². The van der Waals surface area contributed by atoms with Crippen molar-refractivity contribution in [2.45, 2.75) is 6.18 Å². The number of hydrogen-bond acceptors (Lipinski definition) is 6. The molecule has 0 radical (unpaired) electrons. The van der Waals surface area contributed by atoms with Gasteiger partial charge in [0, 0.05) is 29.1 Å². The van der Waals surface area contributed by atoms with Gasteiger partial charge < -0.3 is 10.3 Å². The van der Waals surface area contributed by atoms with Gasteiger partial charge in [-0.3, -0.25) is 14.9 Å². The van der Waals surface area contributed by atoms with Gasteiger partial charge in [0.15, 0.2) is 17.2 Å². The normalized spacial score (nSPS) is 11.8. The second-order valence-corrected chi connectivity index (χ2v) is 8.20. The van der Waals surface area contributed by atoms with Crippen LogP contribution < -0.4 is 5.32 Å². The van der Waals surface area contributed by atoms with Crippen LogP contribution in [-0.2, 0) is 4.79 Å². The molecule has 1 aromatic carbocycles. The van der Waals surface area contributed by atoms with Crippen LogP contribution in [0.15, 0.2) is 67.1 Å². The molecule has 0 unspecified atom stereocenters. The fraction of sp³-hybridized carbons (Fsp3) is 0.0400. The van der Waals surface area contributed by atoms with Gasteiger partial charge in [0.05, 0.1) is 23.1 Å². The number of carbonyl (C=O) groups excluding carboxylic acids is 1. The third-order valence-electron chi connectivity index (χ3n) is 5.73. The molecule has 0 saturated heterocycles. The fourth-order valence-corrected chi connectivity index (χ4v) is 3.99. The molecule has 0 aliphatic carbocycles. The lowest BCUT2D eigenvalue weighted by molar-refractivity contribution is -0.167. The van der Waals surface area contributed by atoms with Crippen molar-refractivity contribution in [3.05, 3.63) is 72.9 Å². The number of nitrogens with zero attached hydrogens (tertiary/aromatic N) is 5. The summed E-state index contributed by atoms with van der Waals surface area (Å²) in [5.41, 5.74) is 3.73. The summed E-state index contributed by atoms with van der Waals surface area (Å²) in [7, 11) is 0. The molecule has 3 N–H and O–H groups in total. The van der Waals surface area contributed by atoms with Gasteiger partial charge in [-0.15, -0.1) is 0 Å². The molecule has 0 bridgehead atoms. The molecule has 13 heteroatoms.